The van der Waals surface area contributed by atoms with Crippen LogP contribution < -0.4 is 10.1 Å². The van der Waals surface area contributed by atoms with Crippen LogP contribution >= 0.6 is 0 Å². The molecule has 0 aliphatic heterocycles. The van der Waals surface area contributed by atoms with Crippen molar-refractivity contribution in [1.82, 2.24) is 5.32 Å². The molecule has 0 saturated heterocycles. The van der Waals surface area contributed by atoms with Gasteiger partial charge in [-0.05, 0) is 48.8 Å². The molecule has 2 nitrogen and oxygen atoms in total. The molecule has 1 aliphatic carbocycles. The van der Waals surface area contributed by atoms with Crippen molar-refractivity contribution in [3.63, 3.8) is 0 Å². The molecule has 1 fully saturated rings. The maximum atomic E-state index is 12.1. The SMILES string of the molecule is CC1CC(C)CC(NCc2ccc(OC(F)F)cc2)C1. The van der Waals surface area contributed by atoms with Gasteiger partial charge < -0.3 is 10.1 Å². The number of nitrogens with one attached hydrogen (secondary N) is 1. The summed E-state index contributed by atoms with van der Waals surface area (Å²) in [5, 5.41) is 3.57. The lowest BCUT2D eigenvalue weighted by Gasteiger charge is -2.32. The lowest BCUT2D eigenvalue weighted by molar-refractivity contribution is -0.0498. The molecule has 1 aromatic carbocycles. The first-order valence-electron chi connectivity index (χ1n) is 7.30. The first-order valence-corrected chi connectivity index (χ1v) is 7.30. The second-order valence-electron chi connectivity index (χ2n) is 6.02. The van der Waals surface area contributed by atoms with E-state index in [1.807, 2.05) is 12.1 Å². The zero-order valence-electron chi connectivity index (χ0n) is 12.1. The van der Waals surface area contributed by atoms with Crippen LogP contribution in [-0.2, 0) is 6.54 Å². The minimum Gasteiger partial charge on any atom is -0.435 e. The van der Waals surface area contributed by atoms with E-state index in [1.165, 1.54) is 19.3 Å². The zero-order valence-corrected chi connectivity index (χ0v) is 12.1. The Kier molecular flexibility index (Phi) is 5.35. The first-order chi connectivity index (χ1) is 9.52. The van der Waals surface area contributed by atoms with Crippen LogP contribution in [0.5, 0.6) is 5.75 Å². The Hall–Kier alpha value is -1.16. The van der Waals surface area contributed by atoms with Crippen molar-refractivity contribution in [2.24, 2.45) is 11.8 Å². The third-order valence-corrected chi connectivity index (χ3v) is 3.92. The summed E-state index contributed by atoms with van der Waals surface area (Å²) in [6, 6.07) is 7.41. The molecule has 4 heteroatoms. The number of ether oxygens (including phenoxy) is 1. The first kappa shape index (κ1) is 15.2. The van der Waals surface area contributed by atoms with E-state index >= 15 is 0 Å². The van der Waals surface area contributed by atoms with Gasteiger partial charge in [-0.1, -0.05) is 26.0 Å². The van der Waals surface area contributed by atoms with Gasteiger partial charge in [0.1, 0.15) is 5.75 Å². The van der Waals surface area contributed by atoms with Gasteiger partial charge in [0.2, 0.25) is 0 Å². The second-order valence-corrected chi connectivity index (χ2v) is 6.02. The lowest BCUT2D eigenvalue weighted by atomic mass is 9.80. The van der Waals surface area contributed by atoms with Crippen LogP contribution in [0.15, 0.2) is 24.3 Å². The monoisotopic (exact) mass is 283 g/mol. The Morgan fingerprint density at radius 2 is 1.70 bits per heavy atom. The highest BCUT2D eigenvalue weighted by atomic mass is 19.3. The van der Waals surface area contributed by atoms with Gasteiger partial charge in [-0.3, -0.25) is 0 Å². The van der Waals surface area contributed by atoms with E-state index in [1.54, 1.807) is 12.1 Å². The molecule has 1 saturated carbocycles. The summed E-state index contributed by atoms with van der Waals surface area (Å²) in [6.07, 6.45) is 3.76. The molecular formula is C16H23F2NO. The molecule has 0 heterocycles. The standard InChI is InChI=1S/C16H23F2NO/c1-11-7-12(2)9-14(8-11)19-10-13-3-5-15(6-4-13)20-16(17)18/h3-6,11-12,14,16,19H,7-10H2,1-2H3. The molecule has 1 aliphatic rings. The highest BCUT2D eigenvalue weighted by molar-refractivity contribution is 5.27. The predicted octanol–water partition coefficient (Wildman–Crippen LogP) is 4.20. The number of halogens is 2. The summed E-state index contributed by atoms with van der Waals surface area (Å²) in [5.74, 6) is 1.76. The smallest absolute Gasteiger partial charge is 0.387 e. The third kappa shape index (κ3) is 4.75. The molecule has 0 radical (unpaired) electrons. The zero-order chi connectivity index (χ0) is 14.5. The molecule has 1 aromatic rings. The van der Waals surface area contributed by atoms with Crippen LogP contribution in [0, 0.1) is 11.8 Å². The van der Waals surface area contributed by atoms with E-state index in [2.05, 4.69) is 23.9 Å². The fourth-order valence-electron chi connectivity index (χ4n) is 3.16. The molecule has 2 unspecified atom stereocenters. The van der Waals surface area contributed by atoms with E-state index in [9.17, 15) is 8.78 Å². The Bertz CT molecular complexity index is 397. The van der Waals surface area contributed by atoms with Crippen molar-refractivity contribution >= 4 is 0 Å². The van der Waals surface area contributed by atoms with Gasteiger partial charge in [0.25, 0.3) is 0 Å². The molecule has 0 spiro atoms. The average molecular weight is 283 g/mol. The molecule has 20 heavy (non-hydrogen) atoms. The summed E-state index contributed by atoms with van der Waals surface area (Å²) < 4.78 is 28.4. The quantitative estimate of drug-likeness (QED) is 0.874. The van der Waals surface area contributed by atoms with E-state index < -0.39 is 6.61 Å². The average Bonchev–Trinajstić information content (AvgIpc) is 2.36. The van der Waals surface area contributed by atoms with Crippen molar-refractivity contribution in [3.8, 4) is 5.75 Å². The van der Waals surface area contributed by atoms with Crippen molar-refractivity contribution < 1.29 is 13.5 Å². The van der Waals surface area contributed by atoms with Crippen LogP contribution in [0.2, 0.25) is 0 Å². The van der Waals surface area contributed by atoms with Gasteiger partial charge in [-0.25, -0.2) is 0 Å². The minimum absolute atomic E-state index is 0.212. The molecule has 2 rings (SSSR count). The van der Waals surface area contributed by atoms with Crippen molar-refractivity contribution in [1.29, 1.82) is 0 Å². The topological polar surface area (TPSA) is 21.3 Å². The van der Waals surface area contributed by atoms with Crippen LogP contribution in [0.1, 0.15) is 38.7 Å². The minimum atomic E-state index is -2.76. The number of rotatable bonds is 5. The number of hydrogen-bond acceptors (Lipinski definition) is 2. The van der Waals surface area contributed by atoms with Crippen molar-refractivity contribution in [2.45, 2.75) is 52.3 Å². The van der Waals surface area contributed by atoms with E-state index in [4.69, 9.17) is 0 Å². The van der Waals surface area contributed by atoms with Gasteiger partial charge in [-0.2, -0.15) is 8.78 Å². The number of hydrogen-bond donors (Lipinski definition) is 1. The second kappa shape index (κ2) is 7.02. The summed E-state index contributed by atoms with van der Waals surface area (Å²) >= 11 is 0. The lowest BCUT2D eigenvalue weighted by Crippen LogP contribution is -2.35. The van der Waals surface area contributed by atoms with Gasteiger partial charge >= 0.3 is 6.61 Å². The van der Waals surface area contributed by atoms with Crippen molar-refractivity contribution in [3.05, 3.63) is 29.8 Å². The number of alkyl halides is 2. The van der Waals surface area contributed by atoms with Gasteiger partial charge in [0, 0.05) is 12.6 Å². The molecule has 0 bridgehead atoms. The predicted molar refractivity (Wildman–Crippen MR) is 75.9 cm³/mol. The van der Waals surface area contributed by atoms with Gasteiger partial charge in [-0.15, -0.1) is 0 Å². The van der Waals surface area contributed by atoms with Crippen LogP contribution in [-0.4, -0.2) is 12.7 Å². The van der Waals surface area contributed by atoms with Crippen LogP contribution in [0.4, 0.5) is 8.78 Å². The summed E-state index contributed by atoms with van der Waals surface area (Å²) in [5.41, 5.74) is 1.09. The van der Waals surface area contributed by atoms with Gasteiger partial charge in [0.05, 0.1) is 0 Å². The van der Waals surface area contributed by atoms with Gasteiger partial charge in [0.15, 0.2) is 0 Å². The molecule has 0 aromatic heterocycles. The maximum absolute atomic E-state index is 12.1. The Morgan fingerprint density at radius 3 is 2.25 bits per heavy atom. The highest BCUT2D eigenvalue weighted by Gasteiger charge is 2.23. The number of benzene rings is 1. The molecule has 1 N–H and O–H groups in total. The van der Waals surface area contributed by atoms with E-state index in [0.717, 1.165) is 23.9 Å². The normalized spacial score (nSPS) is 26.8. The van der Waals surface area contributed by atoms with Crippen LogP contribution in [0.25, 0.3) is 0 Å². The van der Waals surface area contributed by atoms with E-state index in [0.29, 0.717) is 6.04 Å². The maximum Gasteiger partial charge on any atom is 0.387 e. The van der Waals surface area contributed by atoms with Crippen LogP contribution in [0.3, 0.4) is 0 Å². The summed E-state index contributed by atoms with van der Waals surface area (Å²) in [7, 11) is 0. The van der Waals surface area contributed by atoms with E-state index in [-0.39, 0.29) is 5.75 Å². The third-order valence-electron chi connectivity index (χ3n) is 3.92. The Labute approximate surface area is 119 Å². The fourth-order valence-corrected chi connectivity index (χ4v) is 3.16. The summed E-state index contributed by atoms with van der Waals surface area (Å²) in [6.45, 7) is 2.63. The fraction of sp³-hybridized carbons (Fsp3) is 0.625. The molecule has 0 amide bonds. The summed E-state index contributed by atoms with van der Waals surface area (Å²) in [4.78, 5) is 0. The Morgan fingerprint density at radius 1 is 1.10 bits per heavy atom. The largest absolute Gasteiger partial charge is 0.435 e. The molecular weight excluding hydrogens is 260 g/mol. The molecule has 112 valence electrons. The van der Waals surface area contributed by atoms with Crippen molar-refractivity contribution in [2.75, 3.05) is 0 Å². The Balaban J connectivity index is 1.81. The molecule has 2 atom stereocenters. The highest BCUT2D eigenvalue weighted by Crippen LogP contribution is 2.28.